The van der Waals surface area contributed by atoms with Gasteiger partial charge in [0.05, 0.1) is 64.8 Å². The zero-order valence-corrected chi connectivity index (χ0v) is 17.5. The molecule has 1 N–H and O–H groups in total. The Morgan fingerprint density at radius 3 is 2.32 bits per heavy atom. The van der Waals surface area contributed by atoms with E-state index in [0.29, 0.717) is 11.3 Å². The average Bonchev–Trinajstić information content (AvgIpc) is 3.24. The van der Waals surface area contributed by atoms with Gasteiger partial charge < -0.3 is 24.3 Å². The molecule has 12 nitrogen and oxygen atoms in total. The van der Waals surface area contributed by atoms with Crippen LogP contribution in [0.25, 0.3) is 6.08 Å². The van der Waals surface area contributed by atoms with E-state index in [4.69, 9.17) is 9.47 Å². The minimum absolute atomic E-state index is 0.0855. The molecule has 2 heterocycles. The number of rotatable bonds is 10. The molecule has 0 aromatic carbocycles. The molecule has 0 aliphatic heterocycles. The Balaban J connectivity index is 2.08. The summed E-state index contributed by atoms with van der Waals surface area (Å²) in [6.07, 6.45) is 6.93. The summed E-state index contributed by atoms with van der Waals surface area (Å²) in [4.78, 5) is 43.5. The molecule has 0 atom stereocenters. The van der Waals surface area contributed by atoms with E-state index in [2.05, 4.69) is 29.9 Å². The first-order valence-electron chi connectivity index (χ1n) is 9.02. The van der Waals surface area contributed by atoms with E-state index < -0.39 is 23.9 Å². The molecule has 166 valence electrons. The summed E-state index contributed by atoms with van der Waals surface area (Å²) in [6, 6.07) is -0.485. The van der Waals surface area contributed by atoms with Gasteiger partial charge in [0.1, 0.15) is 0 Å². The Kier molecular flexibility index (Phi) is 8.49. The minimum atomic E-state index is -0.623. The van der Waals surface area contributed by atoms with Crippen LogP contribution in [-0.4, -0.2) is 66.0 Å². The highest BCUT2D eigenvalue weighted by atomic mass is 16.5. The summed E-state index contributed by atoms with van der Waals surface area (Å²) < 4.78 is 20.8. The zero-order valence-electron chi connectivity index (χ0n) is 17.5. The predicted molar refractivity (Wildman–Crippen MR) is 107 cm³/mol. The summed E-state index contributed by atoms with van der Waals surface area (Å²) >= 11 is 0. The summed E-state index contributed by atoms with van der Waals surface area (Å²) in [6.45, 7) is 0. The monoisotopic (exact) mass is 433 g/mol. The van der Waals surface area contributed by atoms with E-state index in [9.17, 15) is 14.4 Å². The lowest BCUT2D eigenvalue weighted by Gasteiger charge is -2.15. The van der Waals surface area contributed by atoms with Crippen molar-refractivity contribution in [1.29, 1.82) is 0 Å². The molecular formula is C19H23N5O7. The molecule has 0 bridgehead atoms. The molecule has 2 rings (SSSR count). The Labute approximate surface area is 178 Å². The lowest BCUT2D eigenvalue weighted by molar-refractivity contribution is -0.144. The lowest BCUT2D eigenvalue weighted by Crippen LogP contribution is -2.19. The van der Waals surface area contributed by atoms with Gasteiger partial charge in [-0.25, -0.2) is 4.98 Å². The SMILES string of the molecule is COC(=O)CC(CC(=O)OC)n1cc(NC(=O)/C=C/c2cnc(OC)nc2OC)cn1. The third-order valence-electron chi connectivity index (χ3n) is 4.05. The van der Waals surface area contributed by atoms with Crippen molar-refractivity contribution < 1.29 is 33.3 Å². The van der Waals surface area contributed by atoms with Crippen LogP contribution in [0.2, 0.25) is 0 Å². The van der Waals surface area contributed by atoms with Crippen molar-refractivity contribution in [2.75, 3.05) is 33.8 Å². The number of methoxy groups -OCH3 is 4. The highest BCUT2D eigenvalue weighted by molar-refractivity contribution is 6.01. The Bertz CT molecular complexity index is 939. The first-order valence-corrected chi connectivity index (χ1v) is 9.02. The second kappa shape index (κ2) is 11.3. The fraction of sp³-hybridized carbons (Fsp3) is 0.368. The molecule has 0 fully saturated rings. The predicted octanol–water partition coefficient (Wildman–Crippen LogP) is 1.01. The highest BCUT2D eigenvalue weighted by Gasteiger charge is 2.21. The van der Waals surface area contributed by atoms with Crippen LogP contribution in [0.1, 0.15) is 24.4 Å². The van der Waals surface area contributed by atoms with E-state index in [0.717, 1.165) is 0 Å². The van der Waals surface area contributed by atoms with Crippen molar-refractivity contribution in [3.63, 3.8) is 0 Å². The van der Waals surface area contributed by atoms with Crippen molar-refractivity contribution >= 4 is 29.6 Å². The summed E-state index contributed by atoms with van der Waals surface area (Å²) in [5.41, 5.74) is 0.845. The van der Waals surface area contributed by atoms with Crippen LogP contribution in [-0.2, 0) is 23.9 Å². The molecule has 0 unspecified atom stereocenters. The maximum atomic E-state index is 12.2. The van der Waals surface area contributed by atoms with Crippen LogP contribution in [0.4, 0.5) is 5.69 Å². The van der Waals surface area contributed by atoms with Gasteiger partial charge in [0, 0.05) is 18.5 Å². The molecule has 0 aliphatic rings. The number of amides is 1. The first kappa shape index (κ1) is 23.3. The third-order valence-corrected chi connectivity index (χ3v) is 4.05. The van der Waals surface area contributed by atoms with Crippen molar-refractivity contribution in [3.8, 4) is 11.9 Å². The number of carbonyl (C=O) groups is 3. The Morgan fingerprint density at radius 1 is 1.06 bits per heavy atom. The van der Waals surface area contributed by atoms with Crippen LogP contribution in [0.5, 0.6) is 11.9 Å². The minimum Gasteiger partial charge on any atom is -0.480 e. The second-order valence-corrected chi connectivity index (χ2v) is 6.07. The summed E-state index contributed by atoms with van der Waals surface area (Å²) in [5.74, 6) is -1.21. The van der Waals surface area contributed by atoms with Crippen LogP contribution < -0.4 is 14.8 Å². The van der Waals surface area contributed by atoms with Crippen LogP contribution in [0.15, 0.2) is 24.7 Å². The van der Waals surface area contributed by atoms with E-state index in [1.807, 2.05) is 0 Å². The van der Waals surface area contributed by atoms with Gasteiger partial charge in [-0.15, -0.1) is 0 Å². The van der Waals surface area contributed by atoms with Gasteiger partial charge in [0.25, 0.3) is 0 Å². The number of nitrogens with one attached hydrogen (secondary N) is 1. The van der Waals surface area contributed by atoms with Crippen molar-refractivity contribution in [2.24, 2.45) is 0 Å². The maximum Gasteiger partial charge on any atom is 0.319 e. The number of aromatic nitrogens is 4. The number of esters is 2. The lowest BCUT2D eigenvalue weighted by atomic mass is 10.1. The first-order chi connectivity index (χ1) is 14.9. The van der Waals surface area contributed by atoms with Crippen LogP contribution in [0.3, 0.4) is 0 Å². The molecule has 2 aromatic rings. The van der Waals surface area contributed by atoms with E-state index >= 15 is 0 Å². The van der Waals surface area contributed by atoms with E-state index in [-0.39, 0.29) is 24.7 Å². The second-order valence-electron chi connectivity index (χ2n) is 6.07. The molecule has 31 heavy (non-hydrogen) atoms. The van der Waals surface area contributed by atoms with Crippen molar-refractivity contribution in [3.05, 3.63) is 30.2 Å². The van der Waals surface area contributed by atoms with Gasteiger partial charge in [-0.05, 0) is 6.08 Å². The smallest absolute Gasteiger partial charge is 0.319 e. The van der Waals surface area contributed by atoms with Crippen molar-refractivity contribution in [2.45, 2.75) is 18.9 Å². The van der Waals surface area contributed by atoms with Crippen LogP contribution in [0, 0.1) is 0 Å². The van der Waals surface area contributed by atoms with Gasteiger partial charge in [-0.1, -0.05) is 0 Å². The number of anilines is 1. The fourth-order valence-corrected chi connectivity index (χ4v) is 2.50. The topological polar surface area (TPSA) is 144 Å². The van der Waals surface area contributed by atoms with Crippen LogP contribution >= 0.6 is 0 Å². The summed E-state index contributed by atoms with van der Waals surface area (Å²) in [7, 11) is 5.37. The number of carbonyl (C=O) groups excluding carboxylic acids is 3. The molecule has 0 saturated carbocycles. The van der Waals surface area contributed by atoms with Gasteiger partial charge >= 0.3 is 17.9 Å². The zero-order chi connectivity index (χ0) is 22.8. The quantitative estimate of drug-likeness (QED) is 0.426. The van der Waals surface area contributed by atoms with E-state index in [1.54, 1.807) is 0 Å². The molecule has 1 amide bonds. The van der Waals surface area contributed by atoms with Gasteiger partial charge in [0.2, 0.25) is 11.8 Å². The van der Waals surface area contributed by atoms with Crippen molar-refractivity contribution in [1.82, 2.24) is 19.7 Å². The standard InChI is InChI=1S/C19H23N5O7/c1-28-16(26)7-14(8-17(27)29-2)24-11-13(10-21-24)22-15(25)6-5-12-9-20-19(31-4)23-18(12)30-3/h5-6,9-11,14H,7-8H2,1-4H3,(H,22,25)/b6-5+. The number of hydrogen-bond donors (Lipinski definition) is 1. The number of ether oxygens (including phenoxy) is 4. The Hall–Kier alpha value is -3.96. The molecular weight excluding hydrogens is 410 g/mol. The highest BCUT2D eigenvalue weighted by Crippen LogP contribution is 2.20. The average molecular weight is 433 g/mol. The van der Waals surface area contributed by atoms with Gasteiger partial charge in [-0.3, -0.25) is 19.1 Å². The normalized spacial score (nSPS) is 10.7. The number of nitrogens with zero attached hydrogens (tertiary/aromatic N) is 4. The molecule has 2 aromatic heterocycles. The molecule has 0 aliphatic carbocycles. The Morgan fingerprint density at radius 2 is 1.74 bits per heavy atom. The molecule has 0 spiro atoms. The maximum absolute atomic E-state index is 12.2. The largest absolute Gasteiger partial charge is 0.480 e. The third kappa shape index (κ3) is 6.80. The number of hydrogen-bond acceptors (Lipinski definition) is 10. The summed E-state index contributed by atoms with van der Waals surface area (Å²) in [5, 5.41) is 6.75. The fourth-order valence-electron chi connectivity index (χ4n) is 2.50. The molecule has 12 heteroatoms. The molecule has 0 radical (unpaired) electrons. The van der Waals surface area contributed by atoms with Gasteiger partial charge in [0.15, 0.2) is 0 Å². The molecule has 0 saturated heterocycles. The van der Waals surface area contributed by atoms with Gasteiger partial charge in [-0.2, -0.15) is 10.1 Å². The van der Waals surface area contributed by atoms with E-state index in [1.165, 1.54) is 63.9 Å².